The van der Waals surface area contributed by atoms with E-state index < -0.39 is 5.97 Å². The third kappa shape index (κ3) is 6.61. The SMILES string of the molecule is CCOc1cc(C=NNC(=O)CSc2nc3ccccc3s2)ccc1OCc1ccc(C(=O)O)o1. The zero-order chi connectivity index (χ0) is 24.6. The van der Waals surface area contributed by atoms with Gasteiger partial charge >= 0.3 is 5.97 Å². The van der Waals surface area contributed by atoms with E-state index in [0.717, 1.165) is 14.6 Å². The van der Waals surface area contributed by atoms with Crippen molar-refractivity contribution in [1.82, 2.24) is 10.4 Å². The number of nitrogens with one attached hydrogen (secondary N) is 1. The molecule has 1 amide bonds. The van der Waals surface area contributed by atoms with E-state index in [1.165, 1.54) is 24.0 Å². The topological polar surface area (TPSA) is 123 Å². The molecule has 11 heteroatoms. The highest BCUT2D eigenvalue weighted by Crippen LogP contribution is 2.30. The molecule has 0 saturated heterocycles. The molecule has 2 heterocycles. The van der Waals surface area contributed by atoms with Gasteiger partial charge in [-0.05, 0) is 55.0 Å². The maximum atomic E-state index is 12.1. The Hall–Kier alpha value is -3.83. The Morgan fingerprint density at radius 3 is 2.80 bits per heavy atom. The molecule has 4 aromatic rings. The summed E-state index contributed by atoms with van der Waals surface area (Å²) in [4.78, 5) is 27.6. The lowest BCUT2D eigenvalue weighted by Gasteiger charge is -2.11. The van der Waals surface area contributed by atoms with Crippen LogP contribution in [0.15, 0.2) is 68.5 Å². The monoisotopic (exact) mass is 511 g/mol. The molecule has 0 unspecified atom stereocenters. The van der Waals surface area contributed by atoms with Crippen molar-refractivity contribution in [2.45, 2.75) is 17.9 Å². The fraction of sp³-hybridized carbons (Fsp3) is 0.167. The Balaban J connectivity index is 1.31. The molecular weight excluding hydrogens is 490 g/mol. The Kier molecular flexibility index (Phi) is 8.01. The van der Waals surface area contributed by atoms with Crippen LogP contribution in [-0.4, -0.2) is 40.5 Å². The third-order valence-corrected chi connectivity index (χ3v) is 6.69. The van der Waals surface area contributed by atoms with Crippen LogP contribution in [0.3, 0.4) is 0 Å². The van der Waals surface area contributed by atoms with Gasteiger partial charge in [0, 0.05) is 0 Å². The van der Waals surface area contributed by atoms with E-state index in [4.69, 9.17) is 19.0 Å². The van der Waals surface area contributed by atoms with Gasteiger partial charge in [-0.1, -0.05) is 23.9 Å². The Morgan fingerprint density at radius 2 is 2.03 bits per heavy atom. The minimum atomic E-state index is -1.14. The van der Waals surface area contributed by atoms with Crippen molar-refractivity contribution < 1.29 is 28.6 Å². The lowest BCUT2D eigenvalue weighted by molar-refractivity contribution is -0.118. The van der Waals surface area contributed by atoms with Gasteiger partial charge in [-0.15, -0.1) is 11.3 Å². The second kappa shape index (κ2) is 11.5. The largest absolute Gasteiger partial charge is 0.490 e. The van der Waals surface area contributed by atoms with Crippen LogP contribution in [0.1, 0.15) is 28.8 Å². The van der Waals surface area contributed by atoms with Crippen molar-refractivity contribution in [2.24, 2.45) is 5.10 Å². The number of carboxylic acids is 1. The minimum absolute atomic E-state index is 0.0448. The zero-order valence-corrected chi connectivity index (χ0v) is 20.2. The quantitative estimate of drug-likeness (QED) is 0.167. The van der Waals surface area contributed by atoms with Gasteiger partial charge in [-0.2, -0.15) is 5.10 Å². The number of aromatic nitrogens is 1. The molecule has 0 aliphatic rings. The molecule has 9 nitrogen and oxygen atoms in total. The van der Waals surface area contributed by atoms with Crippen molar-refractivity contribution >= 4 is 51.4 Å². The number of ether oxygens (including phenoxy) is 2. The van der Waals surface area contributed by atoms with Gasteiger partial charge in [0.2, 0.25) is 5.76 Å². The first-order valence-corrected chi connectivity index (χ1v) is 12.3. The van der Waals surface area contributed by atoms with E-state index in [9.17, 15) is 9.59 Å². The normalized spacial score (nSPS) is 11.1. The highest BCUT2D eigenvalue weighted by atomic mass is 32.2. The summed E-state index contributed by atoms with van der Waals surface area (Å²) in [5.41, 5.74) is 4.13. The molecule has 2 N–H and O–H groups in total. The zero-order valence-electron chi connectivity index (χ0n) is 18.6. The van der Waals surface area contributed by atoms with Crippen LogP contribution in [0.2, 0.25) is 0 Å². The Labute approximate surface area is 208 Å². The lowest BCUT2D eigenvalue weighted by Crippen LogP contribution is -2.19. The van der Waals surface area contributed by atoms with Crippen LogP contribution in [0, 0.1) is 0 Å². The number of hydrazone groups is 1. The molecule has 0 fully saturated rings. The number of hydrogen-bond donors (Lipinski definition) is 2. The molecule has 0 aliphatic carbocycles. The minimum Gasteiger partial charge on any atom is -0.490 e. The molecule has 0 aliphatic heterocycles. The number of aromatic carboxylic acids is 1. The molecule has 0 saturated carbocycles. The lowest BCUT2D eigenvalue weighted by atomic mass is 10.2. The Bertz CT molecular complexity index is 1330. The molecule has 0 radical (unpaired) electrons. The van der Waals surface area contributed by atoms with E-state index in [-0.39, 0.29) is 24.0 Å². The van der Waals surface area contributed by atoms with Crippen LogP contribution in [0.25, 0.3) is 10.2 Å². The van der Waals surface area contributed by atoms with Crippen molar-refractivity contribution in [2.75, 3.05) is 12.4 Å². The number of para-hydroxylation sites is 1. The van der Waals surface area contributed by atoms with Gasteiger partial charge in [0.1, 0.15) is 12.4 Å². The molecule has 0 spiro atoms. The first-order chi connectivity index (χ1) is 17.0. The number of nitrogens with zero attached hydrogens (tertiary/aromatic N) is 2. The third-order valence-electron chi connectivity index (χ3n) is 4.51. The number of carboxylic acid groups (broad SMARTS) is 1. The molecular formula is C24H21N3O6S2. The molecule has 0 atom stereocenters. The van der Waals surface area contributed by atoms with Gasteiger partial charge in [-0.25, -0.2) is 15.2 Å². The smallest absolute Gasteiger partial charge is 0.371 e. The summed E-state index contributed by atoms with van der Waals surface area (Å²) in [6.45, 7) is 2.31. The first-order valence-electron chi connectivity index (χ1n) is 10.5. The maximum absolute atomic E-state index is 12.1. The fourth-order valence-electron chi connectivity index (χ4n) is 2.96. The second-order valence-corrected chi connectivity index (χ2v) is 9.28. The van der Waals surface area contributed by atoms with Gasteiger partial charge in [0.15, 0.2) is 15.8 Å². The standard InChI is InChI=1S/C24H21N3O6S2/c1-2-31-20-11-15(7-9-18(20)32-13-16-8-10-19(33-16)23(29)30)12-25-27-22(28)14-34-24-26-17-5-3-4-6-21(17)35-24/h3-12H,2,13-14H2,1H3,(H,27,28)(H,29,30). The number of benzene rings is 2. The first kappa shape index (κ1) is 24.3. The molecule has 2 aromatic heterocycles. The van der Waals surface area contributed by atoms with E-state index >= 15 is 0 Å². The van der Waals surface area contributed by atoms with Crippen LogP contribution >= 0.6 is 23.1 Å². The van der Waals surface area contributed by atoms with Gasteiger partial charge in [0.25, 0.3) is 5.91 Å². The molecule has 0 bridgehead atoms. The van der Waals surface area contributed by atoms with E-state index in [1.807, 2.05) is 31.2 Å². The van der Waals surface area contributed by atoms with Crippen molar-refractivity contribution in [3.8, 4) is 11.5 Å². The number of thioether (sulfide) groups is 1. The second-order valence-electron chi connectivity index (χ2n) is 7.03. The number of furan rings is 1. The predicted molar refractivity (Wildman–Crippen MR) is 134 cm³/mol. The van der Waals surface area contributed by atoms with Crippen LogP contribution in [0.5, 0.6) is 11.5 Å². The fourth-order valence-corrected chi connectivity index (χ4v) is 4.82. The summed E-state index contributed by atoms with van der Waals surface area (Å²) in [6.07, 6.45) is 1.51. The maximum Gasteiger partial charge on any atom is 0.371 e. The summed E-state index contributed by atoms with van der Waals surface area (Å²) >= 11 is 2.91. The highest BCUT2D eigenvalue weighted by molar-refractivity contribution is 8.01. The van der Waals surface area contributed by atoms with Crippen molar-refractivity contribution in [1.29, 1.82) is 0 Å². The molecule has 4 rings (SSSR count). The van der Waals surface area contributed by atoms with E-state index in [0.29, 0.717) is 29.4 Å². The van der Waals surface area contributed by atoms with E-state index in [1.54, 1.807) is 35.6 Å². The van der Waals surface area contributed by atoms with Crippen LogP contribution in [-0.2, 0) is 11.4 Å². The number of thiazole rings is 1. The van der Waals surface area contributed by atoms with E-state index in [2.05, 4.69) is 15.5 Å². The number of amides is 1. The molecule has 180 valence electrons. The number of hydrogen-bond acceptors (Lipinski definition) is 9. The summed E-state index contributed by atoms with van der Waals surface area (Å²) in [6, 6.07) is 15.9. The predicted octanol–water partition coefficient (Wildman–Crippen LogP) is 4.81. The summed E-state index contributed by atoms with van der Waals surface area (Å²) < 4.78 is 18.5. The number of carbonyl (C=O) groups excluding carboxylic acids is 1. The number of carbonyl (C=O) groups is 2. The highest BCUT2D eigenvalue weighted by Gasteiger charge is 2.12. The summed E-state index contributed by atoms with van der Waals surface area (Å²) in [5, 5.41) is 13.0. The van der Waals surface area contributed by atoms with Crippen molar-refractivity contribution in [3.63, 3.8) is 0 Å². The molecule has 2 aromatic carbocycles. The molecule has 35 heavy (non-hydrogen) atoms. The van der Waals surface area contributed by atoms with Crippen molar-refractivity contribution in [3.05, 3.63) is 71.7 Å². The summed E-state index contributed by atoms with van der Waals surface area (Å²) in [7, 11) is 0. The number of rotatable bonds is 11. The average Bonchev–Trinajstić information content (AvgIpc) is 3.49. The average molecular weight is 512 g/mol. The number of fused-ring (bicyclic) bond motifs is 1. The van der Waals surface area contributed by atoms with Crippen LogP contribution in [0.4, 0.5) is 0 Å². The van der Waals surface area contributed by atoms with Gasteiger partial charge in [0.05, 0.1) is 28.8 Å². The summed E-state index contributed by atoms with van der Waals surface area (Å²) in [5.74, 6) is -0.00723. The van der Waals surface area contributed by atoms with Gasteiger partial charge < -0.3 is 19.0 Å². The van der Waals surface area contributed by atoms with Crippen LogP contribution < -0.4 is 14.9 Å². The van der Waals surface area contributed by atoms with Gasteiger partial charge in [-0.3, -0.25) is 4.79 Å². The Morgan fingerprint density at radius 1 is 1.17 bits per heavy atom.